The maximum atomic E-state index is 11.6. The Morgan fingerprint density at radius 3 is 1.77 bits per heavy atom. The van der Waals surface area contributed by atoms with Crippen LogP contribution in [0.2, 0.25) is 0 Å². The highest BCUT2D eigenvalue weighted by Gasteiger charge is 2.23. The van der Waals surface area contributed by atoms with Crippen LogP contribution in [0.4, 0.5) is 0 Å². The first kappa shape index (κ1) is 24.8. The van der Waals surface area contributed by atoms with Crippen molar-refractivity contribution >= 4 is 23.5 Å². The van der Waals surface area contributed by atoms with E-state index < -0.39 is 17.9 Å². The Kier molecular flexibility index (Phi) is 11.4. The maximum absolute atomic E-state index is 11.6. The van der Waals surface area contributed by atoms with Crippen LogP contribution in [0.5, 0.6) is 0 Å². The van der Waals surface area contributed by atoms with Crippen LogP contribution in [0.3, 0.4) is 0 Å². The predicted molar refractivity (Wildman–Crippen MR) is 113 cm³/mol. The highest BCUT2D eigenvalue weighted by atomic mass is 16.5. The minimum Gasteiger partial charge on any atom is -0.481 e. The van der Waals surface area contributed by atoms with Crippen molar-refractivity contribution in [1.29, 1.82) is 0 Å². The van der Waals surface area contributed by atoms with E-state index in [0.717, 1.165) is 11.1 Å². The zero-order valence-corrected chi connectivity index (χ0v) is 17.4. The lowest BCUT2D eigenvalue weighted by molar-refractivity contribution is -0.147. The van der Waals surface area contributed by atoms with Gasteiger partial charge in [-0.05, 0) is 24.5 Å². The highest BCUT2D eigenvalue weighted by molar-refractivity contribution is 5.99. The monoisotopic (exact) mass is 412 g/mol. The van der Waals surface area contributed by atoms with Gasteiger partial charge in [0.2, 0.25) is 0 Å². The van der Waals surface area contributed by atoms with Crippen LogP contribution >= 0.6 is 0 Å². The van der Waals surface area contributed by atoms with Gasteiger partial charge in [0, 0.05) is 12.8 Å². The summed E-state index contributed by atoms with van der Waals surface area (Å²) in [4.78, 5) is 44.7. The number of Topliss-reactive ketones (excluding diaryl/α,β-unsaturated/α-hetero) is 2. The summed E-state index contributed by atoms with van der Waals surface area (Å²) < 4.78 is 4.69. The van der Waals surface area contributed by atoms with Gasteiger partial charge in [0.05, 0.1) is 6.61 Å². The van der Waals surface area contributed by atoms with Gasteiger partial charge in [0.15, 0.2) is 5.78 Å². The number of benzene rings is 2. The Morgan fingerprint density at radius 1 is 0.833 bits per heavy atom. The molecule has 0 amide bonds. The largest absolute Gasteiger partial charge is 0.481 e. The minimum atomic E-state index is -1.03. The van der Waals surface area contributed by atoms with E-state index in [4.69, 9.17) is 9.84 Å². The second-order valence-electron chi connectivity index (χ2n) is 6.61. The summed E-state index contributed by atoms with van der Waals surface area (Å²) in [5.74, 6) is -2.68. The Morgan fingerprint density at radius 2 is 1.33 bits per heavy atom. The first-order valence-electron chi connectivity index (χ1n) is 9.88. The molecule has 160 valence electrons. The summed E-state index contributed by atoms with van der Waals surface area (Å²) >= 11 is 0. The van der Waals surface area contributed by atoms with Gasteiger partial charge in [-0.2, -0.15) is 0 Å². The third-order valence-corrected chi connectivity index (χ3v) is 4.21. The van der Waals surface area contributed by atoms with Crippen molar-refractivity contribution in [3.8, 4) is 0 Å². The summed E-state index contributed by atoms with van der Waals surface area (Å²) in [7, 11) is 0. The number of hydrogen-bond acceptors (Lipinski definition) is 5. The van der Waals surface area contributed by atoms with Crippen molar-refractivity contribution in [3.63, 3.8) is 0 Å². The van der Waals surface area contributed by atoms with E-state index in [2.05, 4.69) is 0 Å². The van der Waals surface area contributed by atoms with E-state index in [1.54, 1.807) is 13.8 Å². The molecule has 6 nitrogen and oxygen atoms in total. The molecule has 0 aromatic heterocycles. The van der Waals surface area contributed by atoms with Gasteiger partial charge < -0.3 is 9.84 Å². The van der Waals surface area contributed by atoms with Crippen molar-refractivity contribution < 1.29 is 29.0 Å². The lowest BCUT2D eigenvalue weighted by Gasteiger charge is -2.08. The van der Waals surface area contributed by atoms with Gasteiger partial charge in [0.25, 0.3) is 0 Å². The summed E-state index contributed by atoms with van der Waals surface area (Å²) in [5, 5.41) is 8.80. The third-order valence-electron chi connectivity index (χ3n) is 4.21. The average Bonchev–Trinajstić information content (AvgIpc) is 2.70. The topological polar surface area (TPSA) is 97.7 Å². The number of ether oxygens (including phenoxy) is 1. The van der Waals surface area contributed by atoms with Crippen LogP contribution in [0.25, 0.3) is 0 Å². The molecule has 0 bridgehead atoms. The second kappa shape index (κ2) is 13.8. The Hall–Kier alpha value is -3.28. The Balaban J connectivity index is 0.000000300. The smallest absolute Gasteiger partial charge is 0.314 e. The van der Waals surface area contributed by atoms with Crippen LogP contribution in [0.1, 0.15) is 37.8 Å². The minimum absolute atomic E-state index is 0.111. The normalized spacial score (nSPS) is 10.9. The van der Waals surface area contributed by atoms with Crippen LogP contribution in [0.15, 0.2) is 60.7 Å². The summed E-state index contributed by atoms with van der Waals surface area (Å²) in [6.07, 6.45) is 0.703. The molecular formula is C24H28O6. The number of carbonyl (C=O) groups excluding carboxylic acids is 3. The lowest BCUT2D eigenvalue weighted by atomic mass is 9.96. The van der Waals surface area contributed by atoms with Gasteiger partial charge in [-0.15, -0.1) is 0 Å². The van der Waals surface area contributed by atoms with Crippen molar-refractivity contribution in [1.82, 2.24) is 0 Å². The number of esters is 1. The molecule has 0 radical (unpaired) electrons. The molecule has 0 aliphatic carbocycles. The highest BCUT2D eigenvalue weighted by Crippen LogP contribution is 2.10. The fraction of sp³-hybridized carbons (Fsp3) is 0.333. The van der Waals surface area contributed by atoms with Crippen LogP contribution in [0, 0.1) is 5.92 Å². The van der Waals surface area contributed by atoms with Gasteiger partial charge >= 0.3 is 11.9 Å². The fourth-order valence-corrected chi connectivity index (χ4v) is 2.72. The predicted octanol–water partition coefficient (Wildman–Crippen LogP) is 3.66. The van der Waals surface area contributed by atoms with Crippen LogP contribution in [-0.2, 0) is 36.8 Å². The summed E-state index contributed by atoms with van der Waals surface area (Å²) in [5.41, 5.74) is 1.79. The molecule has 6 heteroatoms. The lowest BCUT2D eigenvalue weighted by Crippen LogP contribution is -2.24. The number of aliphatic carboxylic acids is 1. The van der Waals surface area contributed by atoms with Crippen molar-refractivity contribution in [2.24, 2.45) is 5.92 Å². The Labute approximate surface area is 176 Å². The second-order valence-corrected chi connectivity index (χ2v) is 6.61. The molecular weight excluding hydrogens is 384 g/mol. The zero-order chi connectivity index (χ0) is 22.4. The molecule has 2 aromatic carbocycles. The van der Waals surface area contributed by atoms with Crippen LogP contribution in [-0.4, -0.2) is 35.2 Å². The van der Waals surface area contributed by atoms with Crippen LogP contribution < -0.4 is 0 Å². The van der Waals surface area contributed by atoms with Crippen molar-refractivity contribution in [2.75, 3.05) is 6.61 Å². The van der Waals surface area contributed by atoms with E-state index in [1.807, 2.05) is 60.7 Å². The van der Waals surface area contributed by atoms with E-state index in [1.165, 1.54) is 0 Å². The van der Waals surface area contributed by atoms with Gasteiger partial charge in [-0.3, -0.25) is 19.2 Å². The van der Waals surface area contributed by atoms with Crippen molar-refractivity contribution in [3.05, 3.63) is 71.8 Å². The van der Waals surface area contributed by atoms with E-state index in [0.29, 0.717) is 19.4 Å². The summed E-state index contributed by atoms with van der Waals surface area (Å²) in [6.45, 7) is 3.75. The molecule has 0 saturated carbocycles. The first-order valence-corrected chi connectivity index (χ1v) is 9.88. The molecule has 2 aromatic rings. The molecule has 1 N–H and O–H groups in total. The molecule has 0 spiro atoms. The molecule has 1 unspecified atom stereocenters. The number of carbonyl (C=O) groups is 4. The van der Waals surface area contributed by atoms with Gasteiger partial charge in [-0.1, -0.05) is 67.6 Å². The molecule has 0 aliphatic rings. The molecule has 0 fully saturated rings. The SMILES string of the molecule is CCC(C(=O)O)C(=O)Cc1ccccc1.CCOC(=O)CC(=O)Cc1ccccc1. The van der Waals surface area contributed by atoms with E-state index >= 15 is 0 Å². The molecule has 1 atom stereocenters. The van der Waals surface area contributed by atoms with E-state index in [9.17, 15) is 19.2 Å². The molecule has 2 rings (SSSR count). The van der Waals surface area contributed by atoms with Gasteiger partial charge in [0.1, 0.15) is 18.1 Å². The van der Waals surface area contributed by atoms with Gasteiger partial charge in [-0.25, -0.2) is 0 Å². The average molecular weight is 412 g/mol. The first-order chi connectivity index (χ1) is 14.4. The molecule has 0 heterocycles. The Bertz CT molecular complexity index is 812. The maximum Gasteiger partial charge on any atom is 0.314 e. The number of rotatable bonds is 10. The summed E-state index contributed by atoms with van der Waals surface area (Å²) in [6, 6.07) is 18.5. The zero-order valence-electron chi connectivity index (χ0n) is 17.4. The number of hydrogen-bond donors (Lipinski definition) is 1. The molecule has 0 aliphatic heterocycles. The number of carboxylic acids is 1. The van der Waals surface area contributed by atoms with Crippen molar-refractivity contribution in [2.45, 2.75) is 39.5 Å². The molecule has 30 heavy (non-hydrogen) atoms. The molecule has 0 saturated heterocycles. The third kappa shape index (κ3) is 9.78. The fourth-order valence-electron chi connectivity index (χ4n) is 2.72. The standard InChI is InChI=1S/2C12H14O3/c1-2-15-12(14)9-11(13)8-10-6-4-3-5-7-10;1-2-10(12(14)15)11(13)8-9-6-4-3-5-7-9/h3-7H,2,8-9H2,1H3;3-7,10H,2,8H2,1H3,(H,14,15). The number of carboxylic acid groups (broad SMARTS) is 1. The number of ketones is 2. The quantitative estimate of drug-likeness (QED) is 0.472. The van der Waals surface area contributed by atoms with E-state index in [-0.39, 0.29) is 24.4 Å².